The van der Waals surface area contributed by atoms with Crippen LogP contribution in [0.1, 0.15) is 31.3 Å². The van der Waals surface area contributed by atoms with Crippen molar-refractivity contribution in [2.75, 3.05) is 5.73 Å². The van der Waals surface area contributed by atoms with Gasteiger partial charge in [0.2, 0.25) is 0 Å². The minimum Gasteiger partial charge on any atom is -0.478 e. The number of amides is 1. The predicted molar refractivity (Wildman–Crippen MR) is 79.7 cm³/mol. The molecular weight excluding hydrogens is 292 g/mol. The lowest BCUT2D eigenvalue weighted by Crippen LogP contribution is -2.17. The van der Waals surface area contributed by atoms with Gasteiger partial charge in [0, 0.05) is 5.56 Å². The highest BCUT2D eigenvalue weighted by molar-refractivity contribution is 7.17. The minimum absolute atomic E-state index is 0.105. The molecule has 8 heteroatoms. The number of hydrogen-bond donors (Lipinski definition) is 3. The molecule has 0 spiro atoms. The Morgan fingerprint density at radius 1 is 1.43 bits per heavy atom. The molecule has 1 aromatic carbocycles. The third-order valence-corrected chi connectivity index (χ3v) is 3.57. The van der Waals surface area contributed by atoms with Crippen molar-refractivity contribution in [3.05, 3.63) is 46.0 Å². The molecule has 2 aromatic rings. The van der Waals surface area contributed by atoms with E-state index in [2.05, 4.69) is 15.5 Å². The fourth-order valence-electron chi connectivity index (χ4n) is 1.64. The van der Waals surface area contributed by atoms with Gasteiger partial charge in [0.1, 0.15) is 4.88 Å². The summed E-state index contributed by atoms with van der Waals surface area (Å²) in [6.07, 6.45) is 1.28. The first kappa shape index (κ1) is 14.7. The number of nitrogens with zero attached hydrogens (tertiary/aromatic N) is 2. The van der Waals surface area contributed by atoms with Crippen LogP contribution in [-0.4, -0.2) is 28.2 Å². The van der Waals surface area contributed by atoms with Gasteiger partial charge in [-0.2, -0.15) is 5.10 Å². The van der Waals surface area contributed by atoms with Crippen LogP contribution in [-0.2, 0) is 0 Å². The molecule has 0 saturated carbocycles. The van der Waals surface area contributed by atoms with Crippen LogP contribution in [0, 0.1) is 6.92 Å². The molecule has 1 heterocycles. The lowest BCUT2D eigenvalue weighted by molar-refractivity contribution is 0.0696. The number of nitrogens with two attached hydrogens (primary N) is 1. The number of carbonyl (C=O) groups excluding carboxylic acids is 1. The Bertz CT molecular complexity index is 724. The maximum atomic E-state index is 11.9. The van der Waals surface area contributed by atoms with Gasteiger partial charge in [-0.3, -0.25) is 4.79 Å². The number of rotatable bonds is 4. The summed E-state index contributed by atoms with van der Waals surface area (Å²) in [7, 11) is 0. The Balaban J connectivity index is 2.11. The first-order valence-electron chi connectivity index (χ1n) is 5.87. The Labute approximate surface area is 124 Å². The quantitative estimate of drug-likeness (QED) is 0.584. The van der Waals surface area contributed by atoms with Crippen LogP contribution in [0.2, 0.25) is 0 Å². The van der Waals surface area contributed by atoms with Crippen molar-refractivity contribution in [2.24, 2.45) is 5.10 Å². The molecule has 0 saturated heterocycles. The van der Waals surface area contributed by atoms with E-state index < -0.39 is 11.9 Å². The number of aryl methyl sites for hydroxylation is 1. The lowest BCUT2D eigenvalue weighted by Gasteiger charge is -2.00. The molecule has 0 unspecified atom stereocenters. The Morgan fingerprint density at radius 3 is 2.76 bits per heavy atom. The van der Waals surface area contributed by atoms with E-state index in [1.54, 1.807) is 25.1 Å². The van der Waals surface area contributed by atoms with E-state index in [9.17, 15) is 9.59 Å². The van der Waals surface area contributed by atoms with E-state index in [4.69, 9.17) is 10.8 Å². The number of aromatic nitrogens is 1. The summed E-state index contributed by atoms with van der Waals surface area (Å²) in [5.41, 5.74) is 8.86. The highest BCUT2D eigenvalue weighted by atomic mass is 32.1. The average Bonchev–Trinajstić information content (AvgIpc) is 2.78. The zero-order chi connectivity index (χ0) is 15.4. The first-order valence-corrected chi connectivity index (χ1v) is 6.69. The highest BCUT2D eigenvalue weighted by Crippen LogP contribution is 2.19. The fourth-order valence-corrected chi connectivity index (χ4v) is 2.37. The Hall–Kier alpha value is -2.74. The molecule has 4 N–H and O–H groups in total. The second kappa shape index (κ2) is 6.14. The molecule has 1 amide bonds. The van der Waals surface area contributed by atoms with E-state index in [1.807, 2.05) is 0 Å². The van der Waals surface area contributed by atoms with Crippen LogP contribution in [0.25, 0.3) is 0 Å². The first-order chi connectivity index (χ1) is 9.99. The molecule has 0 radical (unpaired) electrons. The van der Waals surface area contributed by atoms with Crippen molar-refractivity contribution in [1.82, 2.24) is 10.4 Å². The average molecular weight is 304 g/mol. The van der Waals surface area contributed by atoms with Gasteiger partial charge in [-0.25, -0.2) is 15.2 Å². The maximum absolute atomic E-state index is 11.9. The van der Waals surface area contributed by atoms with Crippen LogP contribution in [0.4, 0.5) is 5.13 Å². The number of nitrogens with one attached hydrogen (secondary N) is 1. The molecule has 108 valence electrons. The van der Waals surface area contributed by atoms with E-state index in [0.29, 0.717) is 21.3 Å². The topological polar surface area (TPSA) is 118 Å². The fraction of sp³-hybridized carbons (Fsp3) is 0.0769. The molecule has 0 fully saturated rings. The van der Waals surface area contributed by atoms with E-state index >= 15 is 0 Å². The van der Waals surface area contributed by atoms with Gasteiger partial charge in [-0.15, -0.1) is 0 Å². The number of anilines is 1. The van der Waals surface area contributed by atoms with Crippen molar-refractivity contribution in [1.29, 1.82) is 0 Å². The third kappa shape index (κ3) is 3.42. The molecule has 0 aliphatic carbocycles. The van der Waals surface area contributed by atoms with E-state index in [-0.39, 0.29) is 5.56 Å². The SMILES string of the molecule is Cc1nc(N)sc1C(=O)N/N=C/c1ccccc1C(=O)O. The van der Waals surface area contributed by atoms with E-state index in [0.717, 1.165) is 11.3 Å². The predicted octanol–water partition coefficient (Wildman–Crippen LogP) is 1.50. The Kier molecular flexibility index (Phi) is 4.29. The zero-order valence-corrected chi connectivity index (χ0v) is 11.8. The molecule has 0 bridgehead atoms. The summed E-state index contributed by atoms with van der Waals surface area (Å²) in [5.74, 6) is -1.50. The van der Waals surface area contributed by atoms with Crippen molar-refractivity contribution >= 4 is 34.6 Å². The number of carboxylic acids is 1. The van der Waals surface area contributed by atoms with Crippen molar-refractivity contribution in [2.45, 2.75) is 6.92 Å². The second-order valence-corrected chi connectivity index (χ2v) is 5.09. The molecular formula is C13H12N4O3S. The van der Waals surface area contributed by atoms with Crippen LogP contribution < -0.4 is 11.2 Å². The highest BCUT2D eigenvalue weighted by Gasteiger charge is 2.13. The van der Waals surface area contributed by atoms with Crippen LogP contribution >= 0.6 is 11.3 Å². The maximum Gasteiger partial charge on any atom is 0.336 e. The minimum atomic E-state index is -1.06. The summed E-state index contributed by atoms with van der Waals surface area (Å²) in [6, 6.07) is 6.35. The molecule has 0 aliphatic rings. The molecule has 1 aromatic heterocycles. The summed E-state index contributed by atoms with van der Waals surface area (Å²) >= 11 is 1.06. The van der Waals surface area contributed by atoms with Crippen molar-refractivity contribution in [3.63, 3.8) is 0 Å². The molecule has 0 atom stereocenters. The number of benzene rings is 1. The van der Waals surface area contributed by atoms with Gasteiger partial charge in [0.15, 0.2) is 5.13 Å². The smallest absolute Gasteiger partial charge is 0.336 e. The second-order valence-electron chi connectivity index (χ2n) is 4.06. The summed E-state index contributed by atoms with van der Waals surface area (Å²) < 4.78 is 0. The van der Waals surface area contributed by atoms with Crippen LogP contribution in [0.3, 0.4) is 0 Å². The van der Waals surface area contributed by atoms with Crippen LogP contribution in [0.5, 0.6) is 0 Å². The molecule has 0 aliphatic heterocycles. The normalized spacial score (nSPS) is 10.7. The monoisotopic (exact) mass is 304 g/mol. The van der Waals surface area contributed by atoms with Gasteiger partial charge < -0.3 is 10.8 Å². The number of carbonyl (C=O) groups is 2. The van der Waals surface area contributed by atoms with Gasteiger partial charge in [-0.1, -0.05) is 29.5 Å². The number of thiazole rings is 1. The van der Waals surface area contributed by atoms with Crippen molar-refractivity contribution < 1.29 is 14.7 Å². The number of nitrogen functional groups attached to an aromatic ring is 1. The number of hydrogen-bond acceptors (Lipinski definition) is 6. The zero-order valence-electron chi connectivity index (χ0n) is 11.0. The van der Waals surface area contributed by atoms with Gasteiger partial charge in [0.25, 0.3) is 5.91 Å². The summed E-state index contributed by atoms with van der Waals surface area (Å²) in [6.45, 7) is 1.67. The number of hydrazone groups is 1. The largest absolute Gasteiger partial charge is 0.478 e. The molecule has 7 nitrogen and oxygen atoms in total. The summed E-state index contributed by atoms with van der Waals surface area (Å²) in [4.78, 5) is 27.2. The van der Waals surface area contributed by atoms with Gasteiger partial charge in [0.05, 0.1) is 17.5 Å². The Morgan fingerprint density at radius 2 is 2.14 bits per heavy atom. The van der Waals surface area contributed by atoms with Gasteiger partial charge in [-0.05, 0) is 13.0 Å². The summed E-state index contributed by atoms with van der Waals surface area (Å²) in [5, 5.41) is 13.1. The standard InChI is InChI=1S/C13H12N4O3S/c1-7-10(21-13(14)16-7)11(18)17-15-6-8-4-2-3-5-9(8)12(19)20/h2-6H,1H3,(H2,14,16)(H,17,18)(H,19,20)/b15-6+. The number of aromatic carboxylic acids is 1. The van der Waals surface area contributed by atoms with E-state index in [1.165, 1.54) is 12.3 Å². The molecule has 21 heavy (non-hydrogen) atoms. The molecule has 2 rings (SSSR count). The van der Waals surface area contributed by atoms with Crippen LogP contribution in [0.15, 0.2) is 29.4 Å². The number of carboxylic acid groups (broad SMARTS) is 1. The lowest BCUT2D eigenvalue weighted by atomic mass is 10.1. The van der Waals surface area contributed by atoms with Gasteiger partial charge >= 0.3 is 5.97 Å². The third-order valence-electron chi connectivity index (χ3n) is 2.58. The van der Waals surface area contributed by atoms with Crippen molar-refractivity contribution in [3.8, 4) is 0 Å².